The molecule has 4 nitrogen and oxygen atoms in total. The van der Waals surface area contributed by atoms with Crippen molar-refractivity contribution in [3.63, 3.8) is 0 Å². The number of amides is 2. The molecule has 2 rings (SSSR count). The Hall–Kier alpha value is -1.06. The predicted molar refractivity (Wildman–Crippen MR) is 65.3 cm³/mol. The quantitative estimate of drug-likeness (QED) is 0.723. The topological polar surface area (TPSA) is 40.6 Å². The number of hydrogen-bond donors (Lipinski definition) is 0. The first-order valence-corrected chi connectivity index (χ1v) is 6.62. The van der Waals surface area contributed by atoms with E-state index in [1.807, 2.05) is 4.90 Å². The van der Waals surface area contributed by atoms with Crippen molar-refractivity contribution in [2.45, 2.75) is 33.1 Å². The third-order valence-electron chi connectivity index (χ3n) is 3.72. The Morgan fingerprint density at radius 1 is 1.29 bits per heavy atom. The molecule has 2 unspecified atom stereocenters. The number of piperidine rings is 1. The zero-order valence-corrected chi connectivity index (χ0v) is 10.8. The summed E-state index contributed by atoms with van der Waals surface area (Å²) in [4.78, 5) is 27.2. The molecule has 2 aliphatic heterocycles. The summed E-state index contributed by atoms with van der Waals surface area (Å²) in [5.41, 5.74) is 0. The Morgan fingerprint density at radius 2 is 1.94 bits per heavy atom. The maximum atomic E-state index is 12.1. The summed E-state index contributed by atoms with van der Waals surface area (Å²) < 4.78 is 0. The molecular formula is C13H22N2O2. The number of carbonyl (C=O) groups excluding carboxylic acids is 2. The molecule has 0 aromatic heterocycles. The Labute approximate surface area is 103 Å². The summed E-state index contributed by atoms with van der Waals surface area (Å²) in [6.07, 6.45) is 2.71. The van der Waals surface area contributed by atoms with E-state index in [0.29, 0.717) is 18.3 Å². The summed E-state index contributed by atoms with van der Waals surface area (Å²) in [5, 5.41) is 0. The average molecular weight is 238 g/mol. The van der Waals surface area contributed by atoms with Crippen LogP contribution in [0.25, 0.3) is 0 Å². The highest BCUT2D eigenvalue weighted by Gasteiger charge is 2.28. The fourth-order valence-corrected chi connectivity index (χ4v) is 3.00. The maximum absolute atomic E-state index is 12.1. The van der Waals surface area contributed by atoms with Crippen molar-refractivity contribution in [2.75, 3.05) is 26.2 Å². The lowest BCUT2D eigenvalue weighted by Crippen LogP contribution is -2.47. The van der Waals surface area contributed by atoms with Crippen LogP contribution < -0.4 is 0 Å². The molecule has 0 aromatic rings. The molecule has 0 aliphatic carbocycles. The zero-order valence-electron chi connectivity index (χ0n) is 10.8. The molecule has 0 aromatic carbocycles. The van der Waals surface area contributed by atoms with E-state index in [1.165, 1.54) is 6.42 Å². The number of hydrogen-bond acceptors (Lipinski definition) is 2. The number of likely N-dealkylation sites (tertiary alicyclic amines) is 2. The third-order valence-corrected chi connectivity index (χ3v) is 3.72. The molecule has 2 atom stereocenters. The Morgan fingerprint density at radius 3 is 2.47 bits per heavy atom. The van der Waals surface area contributed by atoms with Crippen LogP contribution in [0.1, 0.15) is 33.1 Å². The molecule has 0 saturated carbocycles. The number of nitrogens with zero attached hydrogens (tertiary/aromatic N) is 2. The van der Waals surface area contributed by atoms with E-state index in [0.717, 1.165) is 26.1 Å². The molecule has 2 amide bonds. The first-order valence-electron chi connectivity index (χ1n) is 6.62. The predicted octanol–water partition coefficient (Wildman–Crippen LogP) is 1.11. The van der Waals surface area contributed by atoms with Gasteiger partial charge in [0.15, 0.2) is 0 Å². The van der Waals surface area contributed by atoms with Crippen LogP contribution in [-0.2, 0) is 9.59 Å². The second-order valence-corrected chi connectivity index (χ2v) is 5.66. The lowest BCUT2D eigenvalue weighted by atomic mass is 9.92. The molecule has 17 heavy (non-hydrogen) atoms. The van der Waals surface area contributed by atoms with Gasteiger partial charge in [-0.25, -0.2) is 0 Å². The van der Waals surface area contributed by atoms with Gasteiger partial charge in [-0.05, 0) is 24.7 Å². The van der Waals surface area contributed by atoms with E-state index in [4.69, 9.17) is 0 Å². The van der Waals surface area contributed by atoms with E-state index >= 15 is 0 Å². The van der Waals surface area contributed by atoms with Crippen molar-refractivity contribution in [1.29, 1.82) is 0 Å². The molecule has 2 saturated heterocycles. The monoisotopic (exact) mass is 238 g/mol. The largest absolute Gasteiger partial charge is 0.341 e. The van der Waals surface area contributed by atoms with Gasteiger partial charge < -0.3 is 9.80 Å². The second-order valence-electron chi connectivity index (χ2n) is 5.66. The van der Waals surface area contributed by atoms with Crippen LogP contribution in [-0.4, -0.2) is 47.8 Å². The van der Waals surface area contributed by atoms with Crippen LogP contribution in [0.5, 0.6) is 0 Å². The van der Waals surface area contributed by atoms with Crippen LogP contribution in [0.4, 0.5) is 0 Å². The van der Waals surface area contributed by atoms with Gasteiger partial charge in [-0.1, -0.05) is 13.8 Å². The van der Waals surface area contributed by atoms with Crippen molar-refractivity contribution < 1.29 is 9.59 Å². The molecule has 0 bridgehead atoms. The SMILES string of the molecule is CC1CC(C)CN(C(=O)CN2CCCC2=O)C1. The summed E-state index contributed by atoms with van der Waals surface area (Å²) in [7, 11) is 0. The van der Waals surface area contributed by atoms with Crippen molar-refractivity contribution in [3.8, 4) is 0 Å². The summed E-state index contributed by atoms with van der Waals surface area (Å²) in [6, 6.07) is 0. The lowest BCUT2D eigenvalue weighted by Gasteiger charge is -2.35. The van der Waals surface area contributed by atoms with Gasteiger partial charge in [0.05, 0.1) is 6.54 Å². The van der Waals surface area contributed by atoms with Crippen LogP contribution in [0, 0.1) is 11.8 Å². The lowest BCUT2D eigenvalue weighted by molar-refractivity contribution is -0.140. The van der Waals surface area contributed by atoms with E-state index < -0.39 is 0 Å². The van der Waals surface area contributed by atoms with Crippen molar-refractivity contribution in [2.24, 2.45) is 11.8 Å². The third kappa shape index (κ3) is 2.99. The van der Waals surface area contributed by atoms with Crippen LogP contribution in [0.2, 0.25) is 0 Å². The van der Waals surface area contributed by atoms with E-state index in [2.05, 4.69) is 13.8 Å². The average Bonchev–Trinajstić information content (AvgIpc) is 2.63. The van der Waals surface area contributed by atoms with E-state index in [1.54, 1.807) is 4.90 Å². The van der Waals surface area contributed by atoms with E-state index in [9.17, 15) is 9.59 Å². The fourth-order valence-electron chi connectivity index (χ4n) is 3.00. The first-order chi connectivity index (χ1) is 8.06. The summed E-state index contributed by atoms with van der Waals surface area (Å²) in [6.45, 7) is 7.13. The highest BCUT2D eigenvalue weighted by Crippen LogP contribution is 2.21. The first kappa shape index (κ1) is 12.4. The van der Waals surface area contributed by atoms with Gasteiger partial charge in [0.2, 0.25) is 11.8 Å². The number of rotatable bonds is 2. The van der Waals surface area contributed by atoms with Gasteiger partial charge in [0.1, 0.15) is 0 Å². The molecule has 4 heteroatoms. The van der Waals surface area contributed by atoms with Crippen molar-refractivity contribution in [1.82, 2.24) is 9.80 Å². The summed E-state index contributed by atoms with van der Waals surface area (Å²) in [5.74, 6) is 1.42. The van der Waals surface area contributed by atoms with Gasteiger partial charge in [0, 0.05) is 26.1 Å². The summed E-state index contributed by atoms with van der Waals surface area (Å²) >= 11 is 0. The van der Waals surface area contributed by atoms with Gasteiger partial charge in [0.25, 0.3) is 0 Å². The second kappa shape index (κ2) is 5.07. The normalized spacial score (nSPS) is 29.9. The van der Waals surface area contributed by atoms with Crippen LogP contribution >= 0.6 is 0 Å². The minimum Gasteiger partial charge on any atom is -0.341 e. The molecular weight excluding hydrogens is 216 g/mol. The minimum absolute atomic E-state index is 0.124. The van der Waals surface area contributed by atoms with Crippen molar-refractivity contribution >= 4 is 11.8 Å². The Kier molecular flexibility index (Phi) is 3.69. The minimum atomic E-state index is 0.124. The molecule has 2 fully saturated rings. The smallest absolute Gasteiger partial charge is 0.242 e. The maximum Gasteiger partial charge on any atom is 0.242 e. The molecule has 0 N–H and O–H groups in total. The Balaban J connectivity index is 1.88. The number of carbonyl (C=O) groups is 2. The highest BCUT2D eigenvalue weighted by molar-refractivity contribution is 5.85. The van der Waals surface area contributed by atoms with Crippen LogP contribution in [0.15, 0.2) is 0 Å². The van der Waals surface area contributed by atoms with Crippen LogP contribution in [0.3, 0.4) is 0 Å². The van der Waals surface area contributed by atoms with Crippen molar-refractivity contribution in [3.05, 3.63) is 0 Å². The molecule has 2 aliphatic rings. The highest BCUT2D eigenvalue weighted by atomic mass is 16.2. The van der Waals surface area contributed by atoms with Gasteiger partial charge >= 0.3 is 0 Å². The Bertz CT molecular complexity index is 307. The molecule has 0 spiro atoms. The van der Waals surface area contributed by atoms with Gasteiger partial charge in [-0.3, -0.25) is 9.59 Å². The van der Waals surface area contributed by atoms with Gasteiger partial charge in [-0.15, -0.1) is 0 Å². The van der Waals surface area contributed by atoms with Gasteiger partial charge in [-0.2, -0.15) is 0 Å². The molecule has 2 heterocycles. The standard InChI is InChI=1S/C13H22N2O2/c1-10-6-11(2)8-15(7-10)13(17)9-14-5-3-4-12(14)16/h10-11H,3-9H2,1-2H3. The molecule has 96 valence electrons. The zero-order chi connectivity index (χ0) is 12.4. The fraction of sp³-hybridized carbons (Fsp3) is 0.846. The van der Waals surface area contributed by atoms with E-state index in [-0.39, 0.29) is 18.4 Å². The molecule has 0 radical (unpaired) electrons.